The molecule has 2 aliphatic rings. The third-order valence-corrected chi connectivity index (χ3v) is 14.2. The predicted octanol–water partition coefficient (Wildman–Crippen LogP) is 4.19. The highest BCUT2D eigenvalue weighted by molar-refractivity contribution is 8.01. The van der Waals surface area contributed by atoms with Crippen LogP contribution in [0.5, 0.6) is 5.75 Å². The molecule has 0 bridgehead atoms. The molecule has 4 aromatic rings. The van der Waals surface area contributed by atoms with Gasteiger partial charge in [0.25, 0.3) is 11.8 Å². The lowest BCUT2D eigenvalue weighted by molar-refractivity contribution is -0.151. The Hall–Kier alpha value is -5.12. The number of cyclic esters (lactones) is 1. The van der Waals surface area contributed by atoms with Crippen molar-refractivity contribution in [3.8, 4) is 5.75 Å². The molecule has 3 atom stereocenters. The number of β-lactam (4-membered cyclic amide) rings is 1. The molecule has 2 saturated heterocycles. The molecule has 2 fully saturated rings. The molecule has 12 heteroatoms. The van der Waals surface area contributed by atoms with E-state index in [-0.39, 0.29) is 36.4 Å². The first-order valence-electron chi connectivity index (χ1n) is 17.3. The van der Waals surface area contributed by atoms with Crippen molar-refractivity contribution in [1.82, 2.24) is 10.2 Å². The number of para-hydroxylation sites is 1. The summed E-state index contributed by atoms with van der Waals surface area (Å²) in [5.41, 5.74) is -0.826. The minimum absolute atomic E-state index is 0.115. The first kappa shape index (κ1) is 37.6. The van der Waals surface area contributed by atoms with Gasteiger partial charge >= 0.3 is 11.9 Å². The average molecular weight is 753 g/mol. The number of nitrogens with one attached hydrogen (secondary N) is 1. The minimum atomic E-state index is -3.25. The van der Waals surface area contributed by atoms with Crippen LogP contribution in [0, 0.1) is 0 Å². The van der Waals surface area contributed by atoms with Gasteiger partial charge in [-0.15, -0.1) is 11.8 Å². The Labute approximate surface area is 313 Å². The zero-order valence-corrected chi connectivity index (χ0v) is 31.4. The number of carbonyl (C=O) groups is 5. The van der Waals surface area contributed by atoms with Crippen molar-refractivity contribution in [2.24, 2.45) is 0 Å². The monoisotopic (exact) mass is 752 g/mol. The van der Waals surface area contributed by atoms with E-state index in [1.54, 1.807) is 45.0 Å². The average Bonchev–Trinajstić information content (AvgIpc) is 3.61. The Kier molecular flexibility index (Phi) is 11.6. The van der Waals surface area contributed by atoms with Crippen molar-refractivity contribution in [3.63, 3.8) is 0 Å². The molecule has 2 heterocycles. The molecule has 0 aliphatic carbocycles. The quantitative estimate of drug-likeness (QED) is 0.122. The topological polar surface area (TPSA) is 128 Å². The molecule has 10 nitrogen and oxygen atoms in total. The number of hydrogen-bond acceptors (Lipinski definition) is 9. The van der Waals surface area contributed by atoms with Crippen molar-refractivity contribution < 1.29 is 38.2 Å². The van der Waals surface area contributed by atoms with Gasteiger partial charge in [-0.05, 0) is 48.8 Å². The number of benzene rings is 4. The van der Waals surface area contributed by atoms with Gasteiger partial charge < -0.3 is 19.5 Å². The summed E-state index contributed by atoms with van der Waals surface area (Å²) in [6, 6.07) is 36.4. The number of ketones is 1. The highest BCUT2D eigenvalue weighted by Gasteiger charge is 2.55. The molecule has 274 valence electrons. The Morgan fingerprint density at radius 1 is 0.811 bits per heavy atom. The van der Waals surface area contributed by atoms with E-state index in [0.29, 0.717) is 5.75 Å². The van der Waals surface area contributed by atoms with E-state index in [4.69, 9.17) is 14.2 Å². The van der Waals surface area contributed by atoms with Gasteiger partial charge in [-0.1, -0.05) is 109 Å². The number of esters is 2. The van der Waals surface area contributed by atoms with E-state index >= 15 is 0 Å². The largest absolute Gasteiger partial charge is 0.484 e. The summed E-state index contributed by atoms with van der Waals surface area (Å²) in [7, 11) is 0. The molecular weight excluding hydrogens is 711 g/mol. The predicted molar refractivity (Wildman–Crippen MR) is 207 cm³/mol. The third-order valence-electron chi connectivity index (χ3n) is 8.67. The number of likely N-dealkylation sites (tertiary alicyclic amines) is 1. The number of thioether (sulfide) groups is 1. The lowest BCUT2D eigenvalue weighted by Gasteiger charge is -2.49. The van der Waals surface area contributed by atoms with Gasteiger partial charge in [0.15, 0.2) is 18.5 Å². The second-order valence-corrected chi connectivity index (χ2v) is 18.0. The van der Waals surface area contributed by atoms with E-state index in [2.05, 4.69) is 5.32 Å². The molecule has 2 amide bonds. The van der Waals surface area contributed by atoms with Crippen LogP contribution in [0.25, 0.3) is 0 Å². The number of Topliss-reactive ketones (excluding diaryl/α,β-unsaturated/α-hetero) is 1. The van der Waals surface area contributed by atoms with Gasteiger partial charge in [-0.25, -0.2) is 4.79 Å². The zero-order chi connectivity index (χ0) is 37.6. The highest BCUT2D eigenvalue weighted by Crippen LogP contribution is 2.50. The number of ether oxygens (including phenoxy) is 3. The second kappa shape index (κ2) is 16.3. The molecule has 1 N–H and O–H groups in total. The van der Waals surface area contributed by atoms with Crippen molar-refractivity contribution in [3.05, 3.63) is 121 Å². The van der Waals surface area contributed by atoms with Crippen LogP contribution in [-0.2, 0) is 33.4 Å². The molecule has 4 aromatic carbocycles. The highest BCUT2D eigenvalue weighted by atomic mass is 32.2. The van der Waals surface area contributed by atoms with Crippen LogP contribution in [0.15, 0.2) is 121 Å². The van der Waals surface area contributed by atoms with Gasteiger partial charge in [-0.3, -0.25) is 24.1 Å². The maximum atomic E-state index is 15.0. The minimum Gasteiger partial charge on any atom is -0.484 e. The fourth-order valence-electron chi connectivity index (χ4n) is 6.38. The summed E-state index contributed by atoms with van der Waals surface area (Å²) in [5, 5.41) is 4.29. The maximum absolute atomic E-state index is 15.0. The Balaban J connectivity index is 1.52. The van der Waals surface area contributed by atoms with Gasteiger partial charge in [0.1, 0.15) is 28.2 Å². The summed E-state index contributed by atoms with van der Waals surface area (Å²) in [4.78, 5) is 69.6. The van der Waals surface area contributed by atoms with Gasteiger partial charge in [0.2, 0.25) is 0 Å². The van der Waals surface area contributed by atoms with E-state index < -0.39 is 53.8 Å². The normalized spacial score (nSPS) is 18.4. The second-order valence-electron chi connectivity index (χ2n) is 13.5. The molecule has 2 aliphatic heterocycles. The standard InChI is InChI=1S/C41H41N2O8PS/c1-41(2,3)51-40(48)38(52(29-18-10-5-11-19-29,30-20-12-6-13-21-30)31-22-14-7-15-23-31)43-37(47)36(42-34(45)26-49-28-16-8-4-9-17-28)39(43)53-27-32(44)33-24-25-35(46)50-33/h4-23,33,36,39H,24-27H2,1-3H3,(H,42,45)/t33-,36+,39+/m0/s1. The van der Waals surface area contributed by atoms with Crippen LogP contribution in [0.2, 0.25) is 0 Å². The maximum Gasteiger partial charge on any atom is 0.356 e. The summed E-state index contributed by atoms with van der Waals surface area (Å²) in [5.74, 6) is -2.22. The Bertz CT molecular complexity index is 1920. The van der Waals surface area contributed by atoms with Crippen LogP contribution >= 0.6 is 18.6 Å². The first-order valence-corrected chi connectivity index (χ1v) is 20.1. The number of carbonyl (C=O) groups excluding carboxylic acids is 5. The summed E-state index contributed by atoms with van der Waals surface area (Å²) >= 11 is 1.10. The van der Waals surface area contributed by atoms with Crippen molar-refractivity contribution in [1.29, 1.82) is 0 Å². The molecule has 0 unspecified atom stereocenters. The fourth-order valence-corrected chi connectivity index (χ4v) is 12.1. The van der Waals surface area contributed by atoms with Crippen molar-refractivity contribution >= 4 is 69.5 Å². The molecule has 0 radical (unpaired) electrons. The van der Waals surface area contributed by atoms with E-state index in [9.17, 15) is 24.0 Å². The number of rotatable bonds is 13. The van der Waals surface area contributed by atoms with E-state index in [1.807, 2.05) is 97.1 Å². The summed E-state index contributed by atoms with van der Waals surface area (Å²) < 4.78 is 17.1. The lowest BCUT2D eigenvalue weighted by Crippen LogP contribution is -2.73. The lowest BCUT2D eigenvalue weighted by atomic mass is 10.1. The molecule has 53 heavy (non-hydrogen) atoms. The zero-order valence-electron chi connectivity index (χ0n) is 29.7. The van der Waals surface area contributed by atoms with Crippen LogP contribution in [0.1, 0.15) is 33.6 Å². The Morgan fingerprint density at radius 2 is 1.32 bits per heavy atom. The molecule has 0 spiro atoms. The van der Waals surface area contributed by atoms with Crippen molar-refractivity contribution in [2.75, 3.05) is 12.4 Å². The van der Waals surface area contributed by atoms with Crippen molar-refractivity contribution in [2.45, 2.75) is 56.7 Å². The molecule has 6 rings (SSSR count). The SMILES string of the molecule is CC(C)(C)OC(=O)C(N1C(=O)[C@@H](NC(=O)COc2ccccc2)[C@H]1SCC(=O)[C@@H]1CCC(=O)O1)=P(c1ccccc1)(c1ccccc1)c1ccccc1. The third kappa shape index (κ3) is 8.27. The first-order chi connectivity index (χ1) is 25.5. The number of hydrogen-bond donors (Lipinski definition) is 1. The summed E-state index contributed by atoms with van der Waals surface area (Å²) in [6.45, 7) is 1.67. The van der Waals surface area contributed by atoms with Crippen LogP contribution in [0.3, 0.4) is 0 Å². The van der Waals surface area contributed by atoms with Crippen LogP contribution < -0.4 is 26.0 Å². The van der Waals surface area contributed by atoms with E-state index in [0.717, 1.165) is 27.7 Å². The van der Waals surface area contributed by atoms with E-state index in [1.165, 1.54) is 4.90 Å². The van der Waals surface area contributed by atoms with Crippen LogP contribution in [-0.4, -0.2) is 75.3 Å². The smallest absolute Gasteiger partial charge is 0.356 e. The molecular formula is C41H41N2O8PS. The molecule has 0 saturated carbocycles. The summed E-state index contributed by atoms with van der Waals surface area (Å²) in [6.07, 6.45) is -0.489. The fraction of sp³-hybridized carbons (Fsp3) is 0.268. The van der Waals surface area contributed by atoms with Gasteiger partial charge in [0, 0.05) is 19.7 Å². The Morgan fingerprint density at radius 3 is 1.79 bits per heavy atom. The van der Waals surface area contributed by atoms with Crippen LogP contribution in [0.4, 0.5) is 0 Å². The van der Waals surface area contributed by atoms with Gasteiger partial charge in [0.05, 0.1) is 5.75 Å². The number of nitrogens with zero attached hydrogens (tertiary/aromatic N) is 1. The van der Waals surface area contributed by atoms with Gasteiger partial charge in [-0.2, -0.15) is 0 Å². The molecule has 0 aromatic heterocycles. The number of amides is 2.